The third kappa shape index (κ3) is 3.94. The SMILES string of the molecule is O=C1CN(C[C@@]2(O)CCCN(CCc3ccccc3)C2=O)CCN1. The highest BCUT2D eigenvalue weighted by atomic mass is 16.3. The summed E-state index contributed by atoms with van der Waals surface area (Å²) in [4.78, 5) is 27.9. The van der Waals surface area contributed by atoms with Crippen LogP contribution in [0.3, 0.4) is 0 Å². The second-order valence-corrected chi connectivity index (χ2v) is 6.72. The molecule has 0 radical (unpaired) electrons. The number of piperidine rings is 1. The molecule has 2 saturated heterocycles. The molecular formula is C18H25N3O3. The average molecular weight is 331 g/mol. The lowest BCUT2D eigenvalue weighted by Gasteiger charge is -2.41. The van der Waals surface area contributed by atoms with Crippen molar-refractivity contribution in [2.75, 3.05) is 39.3 Å². The Labute approximate surface area is 142 Å². The molecule has 130 valence electrons. The number of rotatable bonds is 5. The lowest BCUT2D eigenvalue weighted by molar-refractivity contribution is -0.160. The molecule has 24 heavy (non-hydrogen) atoms. The molecule has 0 aromatic heterocycles. The predicted octanol–water partition coefficient (Wildman–Crippen LogP) is 0.0144. The molecule has 0 saturated carbocycles. The van der Waals surface area contributed by atoms with E-state index in [4.69, 9.17) is 0 Å². The van der Waals surface area contributed by atoms with Gasteiger partial charge >= 0.3 is 0 Å². The van der Waals surface area contributed by atoms with Crippen LogP contribution < -0.4 is 5.32 Å². The zero-order valence-electron chi connectivity index (χ0n) is 13.9. The topological polar surface area (TPSA) is 72.9 Å². The van der Waals surface area contributed by atoms with Crippen LogP contribution in [-0.2, 0) is 16.0 Å². The van der Waals surface area contributed by atoms with Gasteiger partial charge in [0.25, 0.3) is 5.91 Å². The Kier molecular flexibility index (Phi) is 5.16. The second-order valence-electron chi connectivity index (χ2n) is 6.72. The molecule has 2 fully saturated rings. The maximum Gasteiger partial charge on any atom is 0.255 e. The summed E-state index contributed by atoms with van der Waals surface area (Å²) in [7, 11) is 0. The van der Waals surface area contributed by atoms with Gasteiger partial charge in [-0.15, -0.1) is 0 Å². The molecule has 2 aliphatic rings. The standard InChI is InChI=1S/C18H25N3O3/c22-16-13-20(12-9-19-16)14-18(24)8-4-10-21(17(18)23)11-7-15-5-2-1-3-6-15/h1-3,5-6,24H,4,7-14H2,(H,19,22)/t18-/m0/s1. The smallest absolute Gasteiger partial charge is 0.255 e. The first kappa shape index (κ1) is 16.9. The molecule has 1 aromatic carbocycles. The van der Waals surface area contributed by atoms with Crippen molar-refractivity contribution < 1.29 is 14.7 Å². The van der Waals surface area contributed by atoms with Crippen LogP contribution in [0.1, 0.15) is 18.4 Å². The fraction of sp³-hybridized carbons (Fsp3) is 0.556. The van der Waals surface area contributed by atoms with Crippen LogP contribution in [0.25, 0.3) is 0 Å². The molecule has 6 nitrogen and oxygen atoms in total. The first-order valence-electron chi connectivity index (χ1n) is 8.62. The van der Waals surface area contributed by atoms with Gasteiger partial charge in [-0.3, -0.25) is 14.5 Å². The Bertz CT molecular complexity index is 592. The van der Waals surface area contributed by atoms with Crippen molar-refractivity contribution in [3.63, 3.8) is 0 Å². The lowest BCUT2D eigenvalue weighted by Crippen LogP contribution is -2.61. The van der Waals surface area contributed by atoms with Gasteiger partial charge < -0.3 is 15.3 Å². The number of nitrogens with zero attached hydrogens (tertiary/aromatic N) is 2. The number of hydrogen-bond acceptors (Lipinski definition) is 4. The van der Waals surface area contributed by atoms with E-state index in [2.05, 4.69) is 5.32 Å². The summed E-state index contributed by atoms with van der Waals surface area (Å²) in [6.07, 6.45) is 2.04. The summed E-state index contributed by atoms with van der Waals surface area (Å²) < 4.78 is 0. The number of benzene rings is 1. The van der Waals surface area contributed by atoms with Gasteiger partial charge in [0, 0.05) is 32.7 Å². The number of β-amino-alcohol motifs (C(OH)–C–C–N with tert-alkyl or cyclic N) is 1. The normalized spacial score (nSPS) is 25.6. The molecule has 6 heteroatoms. The van der Waals surface area contributed by atoms with E-state index in [1.54, 1.807) is 4.90 Å². The summed E-state index contributed by atoms with van der Waals surface area (Å²) in [5.74, 6) is -0.246. The molecule has 2 N–H and O–H groups in total. The van der Waals surface area contributed by atoms with Crippen molar-refractivity contribution in [2.45, 2.75) is 24.9 Å². The van der Waals surface area contributed by atoms with E-state index < -0.39 is 5.60 Å². The van der Waals surface area contributed by atoms with Crippen molar-refractivity contribution in [3.8, 4) is 0 Å². The predicted molar refractivity (Wildman–Crippen MR) is 90.4 cm³/mol. The number of piperazine rings is 1. The maximum atomic E-state index is 12.8. The first-order chi connectivity index (χ1) is 11.6. The van der Waals surface area contributed by atoms with E-state index in [-0.39, 0.29) is 24.9 Å². The fourth-order valence-electron chi connectivity index (χ4n) is 3.53. The van der Waals surface area contributed by atoms with Crippen LogP contribution in [0, 0.1) is 0 Å². The molecule has 2 amide bonds. The van der Waals surface area contributed by atoms with Crippen molar-refractivity contribution >= 4 is 11.8 Å². The minimum atomic E-state index is -1.37. The molecule has 3 rings (SSSR count). The van der Waals surface area contributed by atoms with Gasteiger partial charge in [-0.05, 0) is 24.8 Å². The summed E-state index contributed by atoms with van der Waals surface area (Å²) in [6.45, 7) is 3.03. The summed E-state index contributed by atoms with van der Waals surface area (Å²) in [6, 6.07) is 10.1. The number of likely N-dealkylation sites (tertiary alicyclic amines) is 1. The number of carbonyl (C=O) groups excluding carboxylic acids is 2. The van der Waals surface area contributed by atoms with E-state index in [9.17, 15) is 14.7 Å². The van der Waals surface area contributed by atoms with Crippen molar-refractivity contribution in [2.24, 2.45) is 0 Å². The second kappa shape index (κ2) is 7.32. The van der Waals surface area contributed by atoms with Gasteiger partial charge in [0.2, 0.25) is 5.91 Å². The van der Waals surface area contributed by atoms with Crippen LogP contribution in [0.15, 0.2) is 30.3 Å². The Balaban J connectivity index is 1.59. The Morgan fingerprint density at radius 1 is 1.17 bits per heavy atom. The number of carbonyl (C=O) groups is 2. The van der Waals surface area contributed by atoms with E-state index in [1.807, 2.05) is 35.2 Å². The van der Waals surface area contributed by atoms with E-state index in [1.165, 1.54) is 5.56 Å². The van der Waals surface area contributed by atoms with Gasteiger partial charge in [-0.1, -0.05) is 30.3 Å². The fourth-order valence-corrected chi connectivity index (χ4v) is 3.53. The zero-order valence-corrected chi connectivity index (χ0v) is 13.9. The monoisotopic (exact) mass is 331 g/mol. The summed E-state index contributed by atoms with van der Waals surface area (Å²) in [5.41, 5.74) is -0.181. The molecule has 1 atom stereocenters. The number of amides is 2. The molecule has 0 bridgehead atoms. The van der Waals surface area contributed by atoms with Crippen molar-refractivity contribution in [3.05, 3.63) is 35.9 Å². The van der Waals surface area contributed by atoms with E-state index in [0.29, 0.717) is 32.6 Å². The first-order valence-corrected chi connectivity index (χ1v) is 8.62. The maximum absolute atomic E-state index is 12.8. The quantitative estimate of drug-likeness (QED) is 0.797. The van der Waals surface area contributed by atoms with Gasteiger partial charge in [-0.2, -0.15) is 0 Å². The van der Waals surface area contributed by atoms with Gasteiger partial charge in [-0.25, -0.2) is 0 Å². The van der Waals surface area contributed by atoms with Crippen LogP contribution in [0.5, 0.6) is 0 Å². The van der Waals surface area contributed by atoms with E-state index >= 15 is 0 Å². The average Bonchev–Trinajstić information content (AvgIpc) is 2.57. The van der Waals surface area contributed by atoms with Gasteiger partial charge in [0.1, 0.15) is 0 Å². The molecule has 0 unspecified atom stereocenters. The van der Waals surface area contributed by atoms with Crippen LogP contribution in [0.4, 0.5) is 0 Å². The van der Waals surface area contributed by atoms with Crippen LogP contribution in [-0.4, -0.2) is 71.6 Å². The highest BCUT2D eigenvalue weighted by Gasteiger charge is 2.43. The van der Waals surface area contributed by atoms with Crippen molar-refractivity contribution in [1.29, 1.82) is 0 Å². The highest BCUT2D eigenvalue weighted by Crippen LogP contribution is 2.24. The van der Waals surface area contributed by atoms with Crippen LogP contribution in [0.2, 0.25) is 0 Å². The molecule has 0 spiro atoms. The Hall–Kier alpha value is -1.92. The van der Waals surface area contributed by atoms with E-state index in [0.717, 1.165) is 12.8 Å². The van der Waals surface area contributed by atoms with Crippen LogP contribution >= 0.6 is 0 Å². The lowest BCUT2D eigenvalue weighted by atomic mass is 9.90. The molecule has 2 heterocycles. The minimum absolute atomic E-state index is 0.0472. The molecule has 2 aliphatic heterocycles. The third-order valence-corrected chi connectivity index (χ3v) is 4.82. The third-order valence-electron chi connectivity index (χ3n) is 4.82. The summed E-state index contributed by atoms with van der Waals surface area (Å²) in [5, 5.41) is 13.6. The highest BCUT2D eigenvalue weighted by molar-refractivity contribution is 5.86. The zero-order chi connectivity index (χ0) is 17.0. The molecular weight excluding hydrogens is 306 g/mol. The number of hydrogen-bond donors (Lipinski definition) is 2. The Morgan fingerprint density at radius 2 is 1.96 bits per heavy atom. The number of nitrogens with one attached hydrogen (secondary N) is 1. The number of aliphatic hydroxyl groups is 1. The minimum Gasteiger partial charge on any atom is -0.379 e. The Morgan fingerprint density at radius 3 is 2.71 bits per heavy atom. The molecule has 0 aliphatic carbocycles. The largest absolute Gasteiger partial charge is 0.379 e. The van der Waals surface area contributed by atoms with Gasteiger partial charge in [0.05, 0.1) is 6.54 Å². The summed E-state index contributed by atoms with van der Waals surface area (Å²) >= 11 is 0. The molecule has 1 aromatic rings. The van der Waals surface area contributed by atoms with Gasteiger partial charge in [0.15, 0.2) is 5.60 Å². The van der Waals surface area contributed by atoms with Crippen molar-refractivity contribution in [1.82, 2.24) is 15.1 Å².